The minimum Gasteiger partial charge on any atom is -0.497 e. The number of nitrogens with zero attached hydrogens (tertiary/aromatic N) is 1. The van der Waals surface area contributed by atoms with Gasteiger partial charge in [0.2, 0.25) is 0 Å². The van der Waals surface area contributed by atoms with Crippen LogP contribution in [0, 0.1) is 0 Å². The molecule has 30 heavy (non-hydrogen) atoms. The topological polar surface area (TPSA) is 72.7 Å². The largest absolute Gasteiger partial charge is 0.497 e. The predicted molar refractivity (Wildman–Crippen MR) is 118 cm³/mol. The standard InChI is InChI=1S/C23H22N2O4S/c1-28-17-8-7-15(20(11-17)29-2)12-24-13-16-14-25(19-6-4-3-5-18(16)19)22-10-9-21(30-22)23(26)27/h3-11,14,24H,12-13H2,1-2H3,(H,26,27). The SMILES string of the molecule is COc1ccc(CNCc2cn(-c3ccc(C(=O)O)s3)c3ccccc23)c(OC)c1. The fourth-order valence-electron chi connectivity index (χ4n) is 3.48. The molecule has 0 spiro atoms. The van der Waals surface area contributed by atoms with Crippen LogP contribution in [0.25, 0.3) is 15.9 Å². The van der Waals surface area contributed by atoms with Gasteiger partial charge in [-0.05, 0) is 29.8 Å². The minimum absolute atomic E-state index is 0.328. The third-order valence-electron chi connectivity index (χ3n) is 4.96. The average molecular weight is 423 g/mol. The first-order valence-corrected chi connectivity index (χ1v) is 10.3. The number of benzene rings is 2. The van der Waals surface area contributed by atoms with Gasteiger partial charge in [0.25, 0.3) is 0 Å². The number of carbonyl (C=O) groups is 1. The molecule has 2 aromatic heterocycles. The van der Waals surface area contributed by atoms with Gasteiger partial charge in [-0.1, -0.05) is 24.3 Å². The first-order chi connectivity index (χ1) is 14.6. The molecule has 0 fully saturated rings. The van der Waals surface area contributed by atoms with Gasteiger partial charge >= 0.3 is 5.97 Å². The lowest BCUT2D eigenvalue weighted by Gasteiger charge is -2.11. The number of rotatable bonds is 8. The van der Waals surface area contributed by atoms with Crippen LogP contribution in [0.15, 0.2) is 60.8 Å². The quantitative estimate of drug-likeness (QED) is 0.431. The third-order valence-corrected chi connectivity index (χ3v) is 6.03. The first kappa shape index (κ1) is 20.0. The van der Waals surface area contributed by atoms with Crippen LogP contribution in [0.5, 0.6) is 11.5 Å². The molecule has 0 saturated carbocycles. The van der Waals surface area contributed by atoms with E-state index in [0.717, 1.165) is 38.5 Å². The normalized spacial score (nSPS) is 11.0. The van der Waals surface area contributed by atoms with Crippen LogP contribution in [-0.4, -0.2) is 29.9 Å². The maximum atomic E-state index is 11.3. The first-order valence-electron chi connectivity index (χ1n) is 9.45. The number of hydrogen-bond donors (Lipinski definition) is 2. The van der Waals surface area contributed by atoms with Crippen molar-refractivity contribution in [3.63, 3.8) is 0 Å². The highest BCUT2D eigenvalue weighted by atomic mass is 32.1. The molecule has 0 radical (unpaired) electrons. The van der Waals surface area contributed by atoms with Crippen LogP contribution in [-0.2, 0) is 13.1 Å². The van der Waals surface area contributed by atoms with Gasteiger partial charge in [-0.2, -0.15) is 0 Å². The monoisotopic (exact) mass is 422 g/mol. The molecule has 0 amide bonds. The zero-order chi connectivity index (χ0) is 21.1. The molecule has 0 aliphatic rings. The van der Waals surface area contributed by atoms with E-state index in [1.54, 1.807) is 20.3 Å². The lowest BCUT2D eigenvalue weighted by atomic mass is 10.1. The Morgan fingerprint density at radius 1 is 1.03 bits per heavy atom. The van der Waals surface area contributed by atoms with Gasteiger partial charge in [-0.15, -0.1) is 11.3 Å². The van der Waals surface area contributed by atoms with Crippen molar-refractivity contribution in [1.82, 2.24) is 9.88 Å². The average Bonchev–Trinajstić information content (AvgIpc) is 3.39. The van der Waals surface area contributed by atoms with Crippen molar-refractivity contribution in [2.45, 2.75) is 13.1 Å². The summed E-state index contributed by atoms with van der Waals surface area (Å²) in [6, 6.07) is 17.4. The number of carboxylic acids is 1. The number of ether oxygens (including phenoxy) is 2. The van der Waals surface area contributed by atoms with E-state index in [1.165, 1.54) is 11.3 Å². The number of carboxylic acid groups (broad SMARTS) is 1. The Bertz CT molecular complexity index is 1200. The van der Waals surface area contributed by atoms with Crippen molar-refractivity contribution in [2.24, 2.45) is 0 Å². The van der Waals surface area contributed by atoms with Gasteiger partial charge < -0.3 is 24.5 Å². The molecule has 7 heteroatoms. The van der Waals surface area contributed by atoms with Crippen LogP contribution in [0.1, 0.15) is 20.8 Å². The molecule has 0 bridgehead atoms. The Labute approximate surface area is 178 Å². The van der Waals surface area contributed by atoms with Crippen LogP contribution in [0.4, 0.5) is 0 Å². The van der Waals surface area contributed by atoms with E-state index >= 15 is 0 Å². The number of fused-ring (bicyclic) bond motifs is 1. The van der Waals surface area contributed by atoms with Gasteiger partial charge in [0.05, 0.1) is 19.7 Å². The Kier molecular flexibility index (Phi) is 5.74. The highest BCUT2D eigenvalue weighted by Crippen LogP contribution is 2.29. The molecule has 0 atom stereocenters. The molecule has 6 nitrogen and oxygen atoms in total. The second-order valence-electron chi connectivity index (χ2n) is 6.77. The lowest BCUT2D eigenvalue weighted by molar-refractivity contribution is 0.0702. The summed E-state index contributed by atoms with van der Waals surface area (Å²) in [5, 5.41) is 14.7. The van der Waals surface area contributed by atoms with Gasteiger partial charge in [-0.25, -0.2) is 4.79 Å². The molecule has 2 N–H and O–H groups in total. The number of aromatic carboxylic acids is 1. The van der Waals surface area contributed by atoms with Crippen molar-refractivity contribution < 1.29 is 19.4 Å². The zero-order valence-corrected chi connectivity index (χ0v) is 17.5. The summed E-state index contributed by atoms with van der Waals surface area (Å²) >= 11 is 1.27. The second-order valence-corrected chi connectivity index (χ2v) is 7.83. The molecule has 4 rings (SSSR count). The molecule has 0 aliphatic heterocycles. The van der Waals surface area contributed by atoms with E-state index in [9.17, 15) is 9.90 Å². The highest BCUT2D eigenvalue weighted by Gasteiger charge is 2.13. The molecule has 0 unspecified atom stereocenters. The van der Waals surface area contributed by atoms with Crippen LogP contribution in [0.3, 0.4) is 0 Å². The Morgan fingerprint density at radius 3 is 2.57 bits per heavy atom. The molecule has 4 aromatic rings. The number of methoxy groups -OCH3 is 2. The number of hydrogen-bond acceptors (Lipinski definition) is 5. The summed E-state index contributed by atoms with van der Waals surface area (Å²) in [6.07, 6.45) is 2.07. The van der Waals surface area contributed by atoms with E-state index in [0.29, 0.717) is 18.0 Å². The third kappa shape index (κ3) is 3.90. The predicted octanol–water partition coefficient (Wildman–Crippen LogP) is 4.70. The molecular weight excluding hydrogens is 400 g/mol. The van der Waals surface area contributed by atoms with Crippen molar-refractivity contribution in [1.29, 1.82) is 0 Å². The van der Waals surface area contributed by atoms with Crippen LogP contribution >= 0.6 is 11.3 Å². The maximum absolute atomic E-state index is 11.3. The number of para-hydroxylation sites is 1. The summed E-state index contributed by atoms with van der Waals surface area (Å²) in [4.78, 5) is 11.6. The Morgan fingerprint density at radius 2 is 1.83 bits per heavy atom. The zero-order valence-electron chi connectivity index (χ0n) is 16.7. The molecule has 2 heterocycles. The summed E-state index contributed by atoms with van der Waals surface area (Å²) in [5.41, 5.74) is 3.24. The Hall–Kier alpha value is -3.29. The summed E-state index contributed by atoms with van der Waals surface area (Å²) in [7, 11) is 3.29. The Balaban J connectivity index is 1.57. The molecule has 2 aromatic carbocycles. The van der Waals surface area contributed by atoms with E-state index < -0.39 is 5.97 Å². The van der Waals surface area contributed by atoms with Crippen molar-refractivity contribution in [3.05, 3.63) is 76.8 Å². The van der Waals surface area contributed by atoms with E-state index in [1.807, 2.05) is 42.5 Å². The van der Waals surface area contributed by atoms with E-state index in [4.69, 9.17) is 9.47 Å². The van der Waals surface area contributed by atoms with Gasteiger partial charge in [0, 0.05) is 36.3 Å². The van der Waals surface area contributed by atoms with Gasteiger partial charge in [-0.3, -0.25) is 0 Å². The lowest BCUT2D eigenvalue weighted by Crippen LogP contribution is -2.13. The molecule has 0 saturated heterocycles. The molecule has 154 valence electrons. The van der Waals surface area contributed by atoms with Crippen molar-refractivity contribution in [2.75, 3.05) is 14.2 Å². The van der Waals surface area contributed by atoms with Crippen LogP contribution < -0.4 is 14.8 Å². The van der Waals surface area contributed by atoms with E-state index in [-0.39, 0.29) is 0 Å². The molecular formula is C23H22N2O4S. The van der Waals surface area contributed by atoms with Crippen LogP contribution in [0.2, 0.25) is 0 Å². The fraction of sp³-hybridized carbons (Fsp3) is 0.174. The number of aromatic nitrogens is 1. The van der Waals surface area contributed by atoms with Gasteiger partial charge in [0.1, 0.15) is 21.4 Å². The number of nitrogens with one attached hydrogen (secondary N) is 1. The maximum Gasteiger partial charge on any atom is 0.345 e. The summed E-state index contributed by atoms with van der Waals surface area (Å²) in [6.45, 7) is 1.31. The fourth-order valence-corrected chi connectivity index (χ4v) is 4.31. The number of thiophene rings is 1. The summed E-state index contributed by atoms with van der Waals surface area (Å²) in [5.74, 6) is 0.637. The van der Waals surface area contributed by atoms with Crippen molar-refractivity contribution >= 4 is 28.2 Å². The van der Waals surface area contributed by atoms with Gasteiger partial charge in [0.15, 0.2) is 0 Å². The smallest absolute Gasteiger partial charge is 0.345 e. The minimum atomic E-state index is -0.905. The van der Waals surface area contributed by atoms with Crippen molar-refractivity contribution in [3.8, 4) is 16.5 Å². The summed E-state index contributed by atoms with van der Waals surface area (Å²) < 4.78 is 12.8. The highest BCUT2D eigenvalue weighted by molar-refractivity contribution is 7.16. The van der Waals surface area contributed by atoms with E-state index in [2.05, 4.69) is 22.1 Å². The second kappa shape index (κ2) is 8.61. The molecule has 0 aliphatic carbocycles.